The molecule has 1 aromatic heterocycles. The molecule has 2 heterocycles. The third kappa shape index (κ3) is 4.82. The van der Waals surface area contributed by atoms with E-state index in [1.54, 1.807) is 6.07 Å². The van der Waals surface area contributed by atoms with E-state index in [1.807, 2.05) is 0 Å². The lowest BCUT2D eigenvalue weighted by Gasteiger charge is -2.22. The summed E-state index contributed by atoms with van der Waals surface area (Å²) in [5.74, 6) is 2.17. The summed E-state index contributed by atoms with van der Waals surface area (Å²) in [6.45, 7) is 3.08. The van der Waals surface area contributed by atoms with Crippen LogP contribution in [0, 0.1) is 5.92 Å². The predicted molar refractivity (Wildman–Crippen MR) is 78.7 cm³/mol. The highest BCUT2D eigenvalue weighted by molar-refractivity contribution is 5.50. The van der Waals surface area contributed by atoms with Crippen LogP contribution >= 0.6 is 0 Å². The number of anilines is 3. The molecule has 1 aliphatic heterocycles. The summed E-state index contributed by atoms with van der Waals surface area (Å²) in [5.41, 5.74) is 5.66. The predicted octanol–water partition coefficient (Wildman–Crippen LogP) is 0.692. The minimum absolute atomic E-state index is 0.0499. The average molecular weight is 281 g/mol. The maximum Gasteiger partial charge on any atom is 0.223 e. The normalized spacial score (nSPS) is 18.8. The molecule has 7 heteroatoms. The molecule has 20 heavy (non-hydrogen) atoms. The Morgan fingerprint density at radius 2 is 2.05 bits per heavy atom. The van der Waals surface area contributed by atoms with E-state index in [1.165, 1.54) is 6.42 Å². The Balaban J connectivity index is 1.80. The second-order valence-corrected chi connectivity index (χ2v) is 4.95. The minimum Gasteiger partial charge on any atom is -0.395 e. The van der Waals surface area contributed by atoms with E-state index in [2.05, 4.69) is 20.6 Å². The van der Waals surface area contributed by atoms with E-state index >= 15 is 0 Å². The number of aromatic nitrogens is 2. The van der Waals surface area contributed by atoms with Crippen molar-refractivity contribution in [1.29, 1.82) is 0 Å². The molecule has 1 aromatic rings. The molecule has 0 aliphatic carbocycles. The van der Waals surface area contributed by atoms with Crippen LogP contribution in [0.4, 0.5) is 17.6 Å². The maximum absolute atomic E-state index is 8.79. The topological polar surface area (TPSA) is 105 Å². The van der Waals surface area contributed by atoms with Gasteiger partial charge in [0.1, 0.15) is 11.6 Å². The molecule has 0 spiro atoms. The average Bonchev–Trinajstić information content (AvgIpc) is 2.46. The number of nitrogens with one attached hydrogen (secondary N) is 2. The Morgan fingerprint density at radius 3 is 2.70 bits per heavy atom. The zero-order valence-corrected chi connectivity index (χ0v) is 11.6. The maximum atomic E-state index is 8.79. The smallest absolute Gasteiger partial charge is 0.223 e. The number of ether oxygens (including phenoxy) is 1. The molecule has 2 rings (SSSR count). The van der Waals surface area contributed by atoms with Crippen LogP contribution < -0.4 is 16.4 Å². The lowest BCUT2D eigenvalue weighted by atomic mass is 9.99. The van der Waals surface area contributed by atoms with Crippen LogP contribution in [0.25, 0.3) is 0 Å². The van der Waals surface area contributed by atoms with E-state index < -0.39 is 0 Å². The van der Waals surface area contributed by atoms with E-state index in [0.717, 1.165) is 32.6 Å². The van der Waals surface area contributed by atoms with Gasteiger partial charge in [-0.15, -0.1) is 0 Å². The summed E-state index contributed by atoms with van der Waals surface area (Å²) in [6.07, 6.45) is 3.44. The fourth-order valence-corrected chi connectivity index (χ4v) is 2.27. The first-order chi connectivity index (χ1) is 9.78. The van der Waals surface area contributed by atoms with Crippen molar-refractivity contribution in [2.75, 3.05) is 49.3 Å². The molecule has 1 aliphatic rings. The van der Waals surface area contributed by atoms with Crippen molar-refractivity contribution in [3.8, 4) is 0 Å². The van der Waals surface area contributed by atoms with Gasteiger partial charge in [0.05, 0.1) is 6.61 Å². The van der Waals surface area contributed by atoms with E-state index in [0.29, 0.717) is 24.1 Å². The first kappa shape index (κ1) is 14.8. The standard InChI is InChI=1S/C13H23N5O2/c14-13-17-11(8-12(18-13)16-5-6-19)15-4-3-10-2-1-7-20-9-10/h8,10,19H,1-7,9H2,(H4,14,15,16,17,18). The van der Waals surface area contributed by atoms with Crippen molar-refractivity contribution in [3.05, 3.63) is 6.07 Å². The summed E-state index contributed by atoms with van der Waals surface area (Å²) in [6, 6.07) is 1.80. The van der Waals surface area contributed by atoms with Crippen molar-refractivity contribution in [3.63, 3.8) is 0 Å². The molecule has 0 aromatic carbocycles. The van der Waals surface area contributed by atoms with Gasteiger partial charge in [-0.05, 0) is 25.2 Å². The summed E-state index contributed by atoms with van der Waals surface area (Å²) in [5, 5.41) is 15.0. The molecule has 112 valence electrons. The molecule has 1 unspecified atom stereocenters. The molecular formula is C13H23N5O2. The highest BCUT2D eigenvalue weighted by Crippen LogP contribution is 2.18. The second kappa shape index (κ2) is 7.86. The van der Waals surface area contributed by atoms with Crippen LogP contribution in [0.2, 0.25) is 0 Å². The third-order valence-corrected chi connectivity index (χ3v) is 3.27. The van der Waals surface area contributed by atoms with Gasteiger partial charge in [0.15, 0.2) is 0 Å². The van der Waals surface area contributed by atoms with Crippen LogP contribution in [-0.4, -0.2) is 48.0 Å². The zero-order valence-electron chi connectivity index (χ0n) is 11.6. The molecular weight excluding hydrogens is 258 g/mol. The van der Waals surface area contributed by atoms with Gasteiger partial charge in [0, 0.05) is 32.4 Å². The monoisotopic (exact) mass is 281 g/mol. The largest absolute Gasteiger partial charge is 0.395 e. The molecule has 0 saturated carbocycles. The summed E-state index contributed by atoms with van der Waals surface area (Å²) < 4.78 is 5.46. The molecule has 1 atom stereocenters. The van der Waals surface area contributed by atoms with Gasteiger partial charge in [0.25, 0.3) is 0 Å². The summed E-state index contributed by atoms with van der Waals surface area (Å²) in [4.78, 5) is 8.20. The SMILES string of the molecule is Nc1nc(NCCO)cc(NCCC2CCCOC2)n1. The second-order valence-electron chi connectivity index (χ2n) is 4.95. The minimum atomic E-state index is 0.0499. The third-order valence-electron chi connectivity index (χ3n) is 3.27. The number of nitrogens with zero attached hydrogens (tertiary/aromatic N) is 2. The molecule has 1 saturated heterocycles. The van der Waals surface area contributed by atoms with Gasteiger partial charge >= 0.3 is 0 Å². The van der Waals surface area contributed by atoms with Gasteiger partial charge in [-0.3, -0.25) is 0 Å². The number of hydrogen-bond acceptors (Lipinski definition) is 7. The number of nitrogens with two attached hydrogens (primary N) is 1. The zero-order chi connectivity index (χ0) is 14.2. The highest BCUT2D eigenvalue weighted by Gasteiger charge is 2.13. The van der Waals surface area contributed by atoms with E-state index in [-0.39, 0.29) is 12.6 Å². The van der Waals surface area contributed by atoms with Crippen LogP contribution in [0.5, 0.6) is 0 Å². The molecule has 0 bridgehead atoms. The lowest BCUT2D eigenvalue weighted by molar-refractivity contribution is 0.0530. The van der Waals surface area contributed by atoms with Crippen molar-refractivity contribution in [1.82, 2.24) is 9.97 Å². The molecule has 0 radical (unpaired) electrons. The molecule has 5 N–H and O–H groups in total. The van der Waals surface area contributed by atoms with Crippen molar-refractivity contribution >= 4 is 17.6 Å². The number of nitrogen functional groups attached to an aromatic ring is 1. The van der Waals surface area contributed by atoms with Crippen LogP contribution in [-0.2, 0) is 4.74 Å². The van der Waals surface area contributed by atoms with Crippen LogP contribution in [0.15, 0.2) is 6.07 Å². The molecule has 1 fully saturated rings. The van der Waals surface area contributed by atoms with Gasteiger partial charge in [-0.1, -0.05) is 0 Å². The van der Waals surface area contributed by atoms with E-state index in [4.69, 9.17) is 15.6 Å². The Hall–Kier alpha value is -1.60. The Bertz CT molecular complexity index is 410. The molecule has 0 amide bonds. The van der Waals surface area contributed by atoms with Crippen LogP contribution in [0.3, 0.4) is 0 Å². The van der Waals surface area contributed by atoms with E-state index in [9.17, 15) is 0 Å². The number of rotatable bonds is 7. The Morgan fingerprint density at radius 1 is 1.30 bits per heavy atom. The quantitative estimate of drug-likeness (QED) is 0.582. The number of aliphatic hydroxyl groups is 1. The van der Waals surface area contributed by atoms with Crippen LogP contribution in [0.1, 0.15) is 19.3 Å². The van der Waals surface area contributed by atoms with Gasteiger partial charge in [-0.2, -0.15) is 9.97 Å². The van der Waals surface area contributed by atoms with Crippen molar-refractivity contribution in [2.45, 2.75) is 19.3 Å². The first-order valence-electron chi connectivity index (χ1n) is 7.09. The fourth-order valence-electron chi connectivity index (χ4n) is 2.27. The fraction of sp³-hybridized carbons (Fsp3) is 0.692. The summed E-state index contributed by atoms with van der Waals surface area (Å²) in [7, 11) is 0. The van der Waals surface area contributed by atoms with Gasteiger partial charge in [0.2, 0.25) is 5.95 Å². The Kier molecular flexibility index (Phi) is 5.82. The summed E-state index contributed by atoms with van der Waals surface area (Å²) >= 11 is 0. The van der Waals surface area contributed by atoms with Crippen molar-refractivity contribution in [2.24, 2.45) is 5.92 Å². The first-order valence-corrected chi connectivity index (χ1v) is 7.09. The molecule has 7 nitrogen and oxygen atoms in total. The number of aliphatic hydroxyl groups excluding tert-OH is 1. The van der Waals surface area contributed by atoms with Gasteiger partial charge < -0.3 is 26.2 Å². The number of hydrogen-bond donors (Lipinski definition) is 4. The Labute approximate surface area is 118 Å². The lowest BCUT2D eigenvalue weighted by Crippen LogP contribution is -2.20. The highest BCUT2D eigenvalue weighted by atomic mass is 16.5. The van der Waals surface area contributed by atoms with Crippen molar-refractivity contribution < 1.29 is 9.84 Å². The van der Waals surface area contributed by atoms with Gasteiger partial charge in [-0.25, -0.2) is 0 Å².